The molecule has 0 aromatic carbocycles. The Morgan fingerprint density at radius 2 is 2.44 bits per heavy atom. The molecule has 0 aromatic heterocycles. The summed E-state index contributed by atoms with van der Waals surface area (Å²) in [5, 5.41) is 8.85. The molecular formula is C6H12O3. The number of aliphatic hydroxyl groups is 1. The van der Waals surface area contributed by atoms with Crippen molar-refractivity contribution < 1.29 is 14.6 Å². The highest BCUT2D eigenvalue weighted by atomic mass is 16.6. The van der Waals surface area contributed by atoms with Gasteiger partial charge in [0.1, 0.15) is 0 Å². The predicted molar refractivity (Wildman–Crippen MR) is 32.0 cm³/mol. The highest BCUT2D eigenvalue weighted by Gasteiger charge is 2.22. The zero-order valence-electron chi connectivity index (χ0n) is 5.54. The molecule has 3 heteroatoms. The Labute approximate surface area is 54.6 Å². The van der Waals surface area contributed by atoms with Gasteiger partial charge in [0.05, 0.1) is 12.7 Å². The SMILES string of the molecule is COC[C@@H]1CC[C@@H](O)O1. The van der Waals surface area contributed by atoms with Crippen molar-refractivity contribution in [2.75, 3.05) is 13.7 Å². The molecule has 1 rings (SSSR count). The third-order valence-electron chi connectivity index (χ3n) is 1.44. The van der Waals surface area contributed by atoms with Gasteiger partial charge < -0.3 is 14.6 Å². The summed E-state index contributed by atoms with van der Waals surface area (Å²) in [6, 6.07) is 0. The second-order valence-electron chi connectivity index (χ2n) is 2.25. The molecule has 3 nitrogen and oxygen atoms in total. The fraction of sp³-hybridized carbons (Fsp3) is 1.00. The van der Waals surface area contributed by atoms with Gasteiger partial charge in [-0.05, 0) is 6.42 Å². The smallest absolute Gasteiger partial charge is 0.155 e. The second-order valence-corrected chi connectivity index (χ2v) is 2.25. The molecule has 0 unspecified atom stereocenters. The van der Waals surface area contributed by atoms with E-state index in [0.717, 1.165) is 12.8 Å². The summed E-state index contributed by atoms with van der Waals surface area (Å²) >= 11 is 0. The minimum atomic E-state index is -0.551. The van der Waals surface area contributed by atoms with Gasteiger partial charge >= 0.3 is 0 Å². The summed E-state index contributed by atoms with van der Waals surface area (Å²) < 4.78 is 9.87. The van der Waals surface area contributed by atoms with Gasteiger partial charge in [-0.2, -0.15) is 0 Å². The van der Waals surface area contributed by atoms with E-state index in [4.69, 9.17) is 14.6 Å². The van der Waals surface area contributed by atoms with Crippen LogP contribution in [-0.4, -0.2) is 31.2 Å². The lowest BCUT2D eigenvalue weighted by molar-refractivity contribution is -0.104. The van der Waals surface area contributed by atoms with Crippen LogP contribution in [0, 0.1) is 0 Å². The highest BCUT2D eigenvalue weighted by Crippen LogP contribution is 2.16. The van der Waals surface area contributed by atoms with Gasteiger partial charge in [-0.25, -0.2) is 0 Å². The fourth-order valence-electron chi connectivity index (χ4n) is 0.995. The van der Waals surface area contributed by atoms with Crippen molar-refractivity contribution in [1.82, 2.24) is 0 Å². The van der Waals surface area contributed by atoms with Gasteiger partial charge in [0.15, 0.2) is 6.29 Å². The third-order valence-corrected chi connectivity index (χ3v) is 1.44. The lowest BCUT2D eigenvalue weighted by Crippen LogP contribution is -2.15. The summed E-state index contributed by atoms with van der Waals surface area (Å²) in [6.07, 6.45) is 1.22. The van der Waals surface area contributed by atoms with Crippen molar-refractivity contribution >= 4 is 0 Å². The molecule has 0 spiro atoms. The van der Waals surface area contributed by atoms with E-state index in [-0.39, 0.29) is 6.10 Å². The topological polar surface area (TPSA) is 38.7 Å². The quantitative estimate of drug-likeness (QED) is 0.580. The number of methoxy groups -OCH3 is 1. The van der Waals surface area contributed by atoms with E-state index < -0.39 is 6.29 Å². The summed E-state index contributed by atoms with van der Waals surface area (Å²) in [4.78, 5) is 0. The van der Waals surface area contributed by atoms with Crippen LogP contribution in [0.2, 0.25) is 0 Å². The molecule has 0 amide bonds. The van der Waals surface area contributed by atoms with Gasteiger partial charge in [0.25, 0.3) is 0 Å². The van der Waals surface area contributed by atoms with Crippen molar-refractivity contribution in [2.24, 2.45) is 0 Å². The standard InChI is InChI=1S/C6H12O3/c1-8-4-5-2-3-6(7)9-5/h5-7H,2-4H2,1H3/t5-,6-/m0/s1. The predicted octanol–water partition coefficient (Wildman–Crippen LogP) is 0.130. The maximum atomic E-state index is 8.85. The first kappa shape index (κ1) is 6.99. The van der Waals surface area contributed by atoms with E-state index in [9.17, 15) is 0 Å². The Morgan fingerprint density at radius 3 is 2.89 bits per heavy atom. The van der Waals surface area contributed by atoms with Crippen molar-refractivity contribution in [2.45, 2.75) is 25.2 Å². The molecule has 1 aliphatic heterocycles. The minimum Gasteiger partial charge on any atom is -0.382 e. The molecule has 0 saturated carbocycles. The zero-order valence-corrected chi connectivity index (χ0v) is 5.54. The molecule has 1 fully saturated rings. The first-order chi connectivity index (χ1) is 4.33. The van der Waals surface area contributed by atoms with Gasteiger partial charge in [0, 0.05) is 13.5 Å². The van der Waals surface area contributed by atoms with Crippen LogP contribution in [0.15, 0.2) is 0 Å². The van der Waals surface area contributed by atoms with Crippen LogP contribution >= 0.6 is 0 Å². The van der Waals surface area contributed by atoms with Gasteiger partial charge in [-0.3, -0.25) is 0 Å². The lowest BCUT2D eigenvalue weighted by Gasteiger charge is -2.07. The summed E-state index contributed by atoms with van der Waals surface area (Å²) in [7, 11) is 1.63. The molecule has 1 N–H and O–H groups in total. The van der Waals surface area contributed by atoms with Crippen LogP contribution in [0.5, 0.6) is 0 Å². The average molecular weight is 132 g/mol. The fourth-order valence-corrected chi connectivity index (χ4v) is 0.995. The van der Waals surface area contributed by atoms with Crippen molar-refractivity contribution in [1.29, 1.82) is 0 Å². The monoisotopic (exact) mass is 132 g/mol. The second kappa shape index (κ2) is 3.15. The van der Waals surface area contributed by atoms with Gasteiger partial charge in [-0.1, -0.05) is 0 Å². The van der Waals surface area contributed by atoms with Gasteiger partial charge in [0.2, 0.25) is 0 Å². The summed E-state index contributed by atoms with van der Waals surface area (Å²) in [5.41, 5.74) is 0. The lowest BCUT2D eigenvalue weighted by atomic mass is 10.2. The van der Waals surface area contributed by atoms with Crippen LogP contribution in [0.4, 0.5) is 0 Å². The van der Waals surface area contributed by atoms with E-state index in [1.807, 2.05) is 0 Å². The molecular weight excluding hydrogens is 120 g/mol. The molecule has 2 atom stereocenters. The Kier molecular flexibility index (Phi) is 2.45. The maximum Gasteiger partial charge on any atom is 0.155 e. The van der Waals surface area contributed by atoms with Crippen LogP contribution in [-0.2, 0) is 9.47 Å². The minimum absolute atomic E-state index is 0.116. The molecule has 0 radical (unpaired) electrons. The Morgan fingerprint density at radius 1 is 1.67 bits per heavy atom. The van der Waals surface area contributed by atoms with Crippen LogP contribution in [0.1, 0.15) is 12.8 Å². The largest absolute Gasteiger partial charge is 0.382 e. The molecule has 0 bridgehead atoms. The highest BCUT2D eigenvalue weighted by molar-refractivity contribution is 4.65. The Bertz CT molecular complexity index is 82.4. The third kappa shape index (κ3) is 1.93. The average Bonchev–Trinajstić information content (AvgIpc) is 2.17. The van der Waals surface area contributed by atoms with Gasteiger partial charge in [-0.15, -0.1) is 0 Å². The number of rotatable bonds is 2. The van der Waals surface area contributed by atoms with E-state index in [1.165, 1.54) is 0 Å². The van der Waals surface area contributed by atoms with E-state index >= 15 is 0 Å². The van der Waals surface area contributed by atoms with Crippen molar-refractivity contribution in [3.8, 4) is 0 Å². The molecule has 54 valence electrons. The molecule has 1 saturated heterocycles. The number of hydrogen-bond donors (Lipinski definition) is 1. The Hall–Kier alpha value is -0.120. The summed E-state index contributed by atoms with van der Waals surface area (Å²) in [5.74, 6) is 0. The number of hydrogen-bond acceptors (Lipinski definition) is 3. The molecule has 0 aliphatic carbocycles. The van der Waals surface area contributed by atoms with E-state index in [1.54, 1.807) is 7.11 Å². The van der Waals surface area contributed by atoms with E-state index in [2.05, 4.69) is 0 Å². The van der Waals surface area contributed by atoms with Crippen LogP contribution < -0.4 is 0 Å². The number of ether oxygens (including phenoxy) is 2. The van der Waals surface area contributed by atoms with Crippen LogP contribution in [0.3, 0.4) is 0 Å². The Balaban J connectivity index is 2.14. The van der Waals surface area contributed by atoms with Crippen LogP contribution in [0.25, 0.3) is 0 Å². The summed E-state index contributed by atoms with van der Waals surface area (Å²) in [6.45, 7) is 0.594. The molecule has 1 heterocycles. The molecule has 1 aliphatic rings. The normalized spacial score (nSPS) is 35.3. The molecule has 9 heavy (non-hydrogen) atoms. The maximum absolute atomic E-state index is 8.85. The van der Waals surface area contributed by atoms with E-state index in [0.29, 0.717) is 6.61 Å². The number of aliphatic hydroxyl groups excluding tert-OH is 1. The zero-order chi connectivity index (χ0) is 6.69. The first-order valence-electron chi connectivity index (χ1n) is 3.15. The molecule has 0 aromatic rings. The first-order valence-corrected chi connectivity index (χ1v) is 3.15. The van der Waals surface area contributed by atoms with Crippen molar-refractivity contribution in [3.63, 3.8) is 0 Å². The van der Waals surface area contributed by atoms with Crippen molar-refractivity contribution in [3.05, 3.63) is 0 Å².